The van der Waals surface area contributed by atoms with Crippen molar-refractivity contribution in [1.29, 1.82) is 10.5 Å². The number of hydrogen-bond acceptors (Lipinski definition) is 6. The number of furan rings is 4. The van der Waals surface area contributed by atoms with Gasteiger partial charge >= 0.3 is 0 Å². The van der Waals surface area contributed by atoms with Crippen molar-refractivity contribution in [1.82, 2.24) is 9.13 Å². The summed E-state index contributed by atoms with van der Waals surface area (Å²) in [4.78, 5) is 0. The van der Waals surface area contributed by atoms with Crippen LogP contribution in [0.1, 0.15) is 11.1 Å². The molecule has 0 aliphatic heterocycles. The molecule has 6 heterocycles. The average Bonchev–Trinajstić information content (AvgIpc) is 4.26. The predicted octanol–water partition coefficient (Wildman–Crippen LogP) is 16.9. The van der Waals surface area contributed by atoms with Crippen LogP contribution in [-0.2, 0) is 0 Å². The first-order valence-corrected chi connectivity index (χ1v) is 23.1. The van der Waals surface area contributed by atoms with E-state index in [1.165, 1.54) is 0 Å². The molecule has 322 valence electrons. The number of hydrogen-bond donors (Lipinski definition) is 0. The summed E-state index contributed by atoms with van der Waals surface area (Å²) in [6.07, 6.45) is 0. The highest BCUT2D eigenvalue weighted by atomic mass is 16.3. The van der Waals surface area contributed by atoms with Crippen molar-refractivity contribution < 1.29 is 17.7 Å². The number of nitriles is 2. The Balaban J connectivity index is 1.14. The van der Waals surface area contributed by atoms with Crippen LogP contribution in [0, 0.1) is 22.7 Å². The maximum atomic E-state index is 11.5. The standard InChI is InChI=1S/C62H30N4O4/c63-31-34-30-35(32-64)58(66-46-28-24-42-38-16-6-10-20-50(38)69-61(42)55(46)56-47(66)29-25-43-39-17-7-11-21-51(39)70-62(43)56)52(33-12-2-1-3-13-33)57(34)65-44-26-22-40-36-14-4-8-18-48(36)67-59(40)53(44)54-45(65)27-23-41-37-15-5-9-19-49(37)68-60(41)54/h1-30H. The van der Waals surface area contributed by atoms with Gasteiger partial charge in [-0.3, -0.25) is 0 Å². The van der Waals surface area contributed by atoms with Gasteiger partial charge in [0, 0.05) is 48.7 Å². The van der Waals surface area contributed by atoms with Gasteiger partial charge < -0.3 is 26.8 Å². The number of rotatable bonds is 3. The lowest BCUT2D eigenvalue weighted by molar-refractivity contribution is 0.670. The molecule has 0 amide bonds. The van der Waals surface area contributed by atoms with Crippen molar-refractivity contribution in [2.24, 2.45) is 0 Å². The maximum absolute atomic E-state index is 11.5. The summed E-state index contributed by atoms with van der Waals surface area (Å²) in [6, 6.07) is 66.3. The van der Waals surface area contributed by atoms with Gasteiger partial charge in [-0.2, -0.15) is 10.5 Å². The third-order valence-corrected chi connectivity index (χ3v) is 14.6. The summed E-state index contributed by atoms with van der Waals surface area (Å²) in [5.41, 5.74) is 12.6. The van der Waals surface area contributed by atoms with Crippen LogP contribution in [0.5, 0.6) is 0 Å². The summed E-state index contributed by atoms with van der Waals surface area (Å²) in [5.74, 6) is 0. The average molecular weight is 895 g/mol. The van der Waals surface area contributed by atoms with E-state index in [9.17, 15) is 10.5 Å². The molecular formula is C62H30N4O4. The van der Waals surface area contributed by atoms with Crippen LogP contribution in [0.15, 0.2) is 200 Å². The van der Waals surface area contributed by atoms with Gasteiger partial charge in [0.2, 0.25) is 0 Å². The molecule has 0 fully saturated rings. The van der Waals surface area contributed by atoms with Crippen LogP contribution < -0.4 is 0 Å². The number of benzene rings is 10. The molecule has 0 spiro atoms. The Bertz CT molecular complexity index is 4540. The molecule has 0 bridgehead atoms. The summed E-state index contributed by atoms with van der Waals surface area (Å²) >= 11 is 0. The van der Waals surface area contributed by atoms with E-state index in [0.29, 0.717) is 28.1 Å². The number of fused-ring (bicyclic) bond motifs is 22. The summed E-state index contributed by atoms with van der Waals surface area (Å²) < 4.78 is 31.8. The Morgan fingerprint density at radius 1 is 0.314 bits per heavy atom. The third kappa shape index (κ3) is 4.61. The van der Waals surface area contributed by atoms with E-state index in [4.69, 9.17) is 17.7 Å². The van der Waals surface area contributed by atoms with Gasteiger partial charge in [-0.25, -0.2) is 0 Å². The molecule has 16 aromatic rings. The molecule has 10 aromatic carbocycles. The third-order valence-electron chi connectivity index (χ3n) is 14.6. The first-order valence-electron chi connectivity index (χ1n) is 23.1. The highest BCUT2D eigenvalue weighted by molar-refractivity contribution is 6.33. The van der Waals surface area contributed by atoms with Crippen LogP contribution in [0.2, 0.25) is 0 Å². The molecular weight excluding hydrogens is 865 g/mol. The second-order valence-electron chi connectivity index (χ2n) is 18.0. The molecule has 6 aromatic heterocycles. The molecule has 0 saturated carbocycles. The number of aromatic nitrogens is 2. The van der Waals surface area contributed by atoms with Crippen LogP contribution in [0.3, 0.4) is 0 Å². The Kier molecular flexibility index (Phi) is 7.06. The summed E-state index contributed by atoms with van der Waals surface area (Å²) in [5, 5.41) is 34.3. The largest absolute Gasteiger partial charge is 0.455 e. The van der Waals surface area contributed by atoms with Gasteiger partial charge in [0.25, 0.3) is 0 Å². The quantitative estimate of drug-likeness (QED) is 0.175. The van der Waals surface area contributed by atoms with Crippen molar-refractivity contribution in [2.45, 2.75) is 0 Å². The van der Waals surface area contributed by atoms with E-state index in [0.717, 1.165) is 137 Å². The minimum Gasteiger partial charge on any atom is -0.455 e. The van der Waals surface area contributed by atoms with Crippen LogP contribution in [-0.4, -0.2) is 9.13 Å². The van der Waals surface area contributed by atoms with Gasteiger partial charge in [0.05, 0.1) is 66.1 Å². The smallest absolute Gasteiger partial charge is 0.145 e. The lowest BCUT2D eigenvalue weighted by Gasteiger charge is -2.22. The van der Waals surface area contributed by atoms with Crippen molar-refractivity contribution in [3.05, 3.63) is 193 Å². The van der Waals surface area contributed by atoms with E-state index in [2.05, 4.69) is 106 Å². The molecule has 0 unspecified atom stereocenters. The molecule has 0 radical (unpaired) electrons. The predicted molar refractivity (Wildman–Crippen MR) is 279 cm³/mol. The molecule has 70 heavy (non-hydrogen) atoms. The Morgan fingerprint density at radius 2 is 0.614 bits per heavy atom. The van der Waals surface area contributed by atoms with Crippen molar-refractivity contribution in [3.63, 3.8) is 0 Å². The minimum absolute atomic E-state index is 0.326. The van der Waals surface area contributed by atoms with Crippen LogP contribution in [0.4, 0.5) is 0 Å². The molecule has 0 N–H and O–H groups in total. The zero-order valence-corrected chi connectivity index (χ0v) is 36.7. The van der Waals surface area contributed by atoms with E-state index in [1.807, 2.05) is 91.0 Å². The van der Waals surface area contributed by atoms with Crippen molar-refractivity contribution in [3.8, 4) is 34.6 Å². The fourth-order valence-electron chi connectivity index (χ4n) is 11.7. The molecule has 16 rings (SSSR count). The van der Waals surface area contributed by atoms with Gasteiger partial charge in [-0.1, -0.05) is 103 Å². The van der Waals surface area contributed by atoms with Crippen molar-refractivity contribution in [2.75, 3.05) is 0 Å². The highest BCUT2D eigenvalue weighted by Crippen LogP contribution is 2.51. The number of para-hydroxylation sites is 4. The van der Waals surface area contributed by atoms with E-state index < -0.39 is 0 Å². The van der Waals surface area contributed by atoms with Crippen molar-refractivity contribution >= 4 is 131 Å². The van der Waals surface area contributed by atoms with Gasteiger partial charge in [0.15, 0.2) is 0 Å². The fraction of sp³-hybridized carbons (Fsp3) is 0. The van der Waals surface area contributed by atoms with Gasteiger partial charge in [-0.05, 0) is 84.4 Å². The molecule has 0 aliphatic rings. The van der Waals surface area contributed by atoms with Gasteiger partial charge in [0.1, 0.15) is 56.8 Å². The Labute approximate surface area is 394 Å². The first-order chi connectivity index (χ1) is 34.7. The minimum atomic E-state index is 0.326. The normalized spacial score (nSPS) is 12.3. The Hall–Kier alpha value is -10.0. The highest BCUT2D eigenvalue weighted by Gasteiger charge is 2.31. The maximum Gasteiger partial charge on any atom is 0.145 e. The first kappa shape index (κ1) is 37.1. The van der Waals surface area contributed by atoms with E-state index in [-0.39, 0.29) is 0 Å². The summed E-state index contributed by atoms with van der Waals surface area (Å²) in [7, 11) is 0. The van der Waals surface area contributed by atoms with E-state index in [1.54, 1.807) is 6.07 Å². The van der Waals surface area contributed by atoms with Gasteiger partial charge in [-0.15, -0.1) is 0 Å². The molecule has 8 heteroatoms. The number of nitrogens with zero attached hydrogens (tertiary/aromatic N) is 4. The second kappa shape index (κ2) is 13.3. The zero-order valence-electron chi connectivity index (χ0n) is 36.7. The molecule has 0 atom stereocenters. The van der Waals surface area contributed by atoms with Crippen LogP contribution in [0.25, 0.3) is 154 Å². The molecule has 8 nitrogen and oxygen atoms in total. The molecule has 0 aliphatic carbocycles. The van der Waals surface area contributed by atoms with E-state index >= 15 is 0 Å². The lowest BCUT2D eigenvalue weighted by Crippen LogP contribution is -2.08. The second-order valence-corrected chi connectivity index (χ2v) is 18.0. The topological polar surface area (TPSA) is 110 Å². The molecule has 0 saturated heterocycles. The zero-order chi connectivity index (χ0) is 45.9. The summed E-state index contributed by atoms with van der Waals surface area (Å²) in [6.45, 7) is 0. The van der Waals surface area contributed by atoms with Crippen LogP contribution >= 0.6 is 0 Å². The SMILES string of the molecule is N#Cc1cc(C#N)c(-n2c3ccc4c5ccccc5oc4c3c3c4oc5ccccc5c4ccc32)c(-c2ccccc2)c1-n1c2ccc3c4ccccc4oc3c2c2c3oc4ccccc4c3ccc21. The Morgan fingerprint density at radius 3 is 0.929 bits per heavy atom. The fourth-order valence-corrected chi connectivity index (χ4v) is 11.7. The lowest BCUT2D eigenvalue weighted by atomic mass is 9.93. The monoisotopic (exact) mass is 894 g/mol.